The highest BCUT2D eigenvalue weighted by atomic mass is 16.5. The molecule has 0 aromatic heterocycles. The Morgan fingerprint density at radius 2 is 2.17 bits per heavy atom. The summed E-state index contributed by atoms with van der Waals surface area (Å²) in [6.45, 7) is 1.98. The van der Waals surface area contributed by atoms with Gasteiger partial charge in [0.05, 0.1) is 0 Å². The fourth-order valence-electron chi connectivity index (χ4n) is 0.834. The van der Waals surface area contributed by atoms with Crippen LogP contribution in [0.15, 0.2) is 0 Å². The van der Waals surface area contributed by atoms with E-state index in [0.29, 0.717) is 19.4 Å². The van der Waals surface area contributed by atoms with Gasteiger partial charge in [-0.1, -0.05) is 0 Å². The van der Waals surface area contributed by atoms with E-state index in [1.807, 2.05) is 0 Å². The minimum Gasteiger partial charge on any atom is -0.480 e. The molecule has 0 rings (SSSR count). The average molecular weight is 176 g/mol. The molecule has 72 valence electrons. The predicted molar refractivity (Wildman–Crippen MR) is 43.9 cm³/mol. The number of hydrogen-bond donors (Lipinski definition) is 4. The SMILES string of the molecule is C[C@@](CCCCN)(NO)C(=O)O. The second-order valence-corrected chi connectivity index (χ2v) is 2.99. The Balaban J connectivity index is 3.88. The molecule has 5 N–H and O–H groups in total. The van der Waals surface area contributed by atoms with E-state index >= 15 is 0 Å². The van der Waals surface area contributed by atoms with Gasteiger partial charge < -0.3 is 16.0 Å². The smallest absolute Gasteiger partial charge is 0.325 e. The second kappa shape index (κ2) is 5.08. The maximum absolute atomic E-state index is 10.6. The number of carboxylic acid groups (broad SMARTS) is 1. The van der Waals surface area contributed by atoms with E-state index in [9.17, 15) is 4.79 Å². The molecular formula is C7H16N2O3. The van der Waals surface area contributed by atoms with E-state index in [-0.39, 0.29) is 0 Å². The Morgan fingerprint density at radius 1 is 1.58 bits per heavy atom. The molecule has 0 saturated carbocycles. The zero-order valence-corrected chi connectivity index (χ0v) is 7.21. The maximum atomic E-state index is 10.6. The van der Waals surface area contributed by atoms with Crippen LogP contribution >= 0.6 is 0 Å². The van der Waals surface area contributed by atoms with Gasteiger partial charge in [0.1, 0.15) is 5.54 Å². The summed E-state index contributed by atoms with van der Waals surface area (Å²) in [6.07, 6.45) is 1.83. The molecule has 1 atom stereocenters. The van der Waals surface area contributed by atoms with Crippen molar-refractivity contribution in [3.05, 3.63) is 0 Å². The molecule has 0 aliphatic carbocycles. The van der Waals surface area contributed by atoms with Gasteiger partial charge in [0, 0.05) is 0 Å². The fraction of sp³-hybridized carbons (Fsp3) is 0.857. The van der Waals surface area contributed by atoms with Gasteiger partial charge in [0.2, 0.25) is 0 Å². The summed E-state index contributed by atoms with van der Waals surface area (Å²) in [5, 5.41) is 17.3. The van der Waals surface area contributed by atoms with Crippen LogP contribution in [0.4, 0.5) is 0 Å². The second-order valence-electron chi connectivity index (χ2n) is 2.99. The van der Waals surface area contributed by atoms with Gasteiger partial charge in [-0.3, -0.25) is 4.79 Å². The van der Waals surface area contributed by atoms with Gasteiger partial charge in [-0.2, -0.15) is 5.48 Å². The van der Waals surface area contributed by atoms with E-state index < -0.39 is 11.5 Å². The number of nitrogens with two attached hydrogens (primary N) is 1. The number of aliphatic carboxylic acids is 1. The van der Waals surface area contributed by atoms with Gasteiger partial charge >= 0.3 is 5.97 Å². The molecule has 0 unspecified atom stereocenters. The number of carbonyl (C=O) groups is 1. The van der Waals surface area contributed by atoms with Crippen molar-refractivity contribution in [1.29, 1.82) is 0 Å². The normalized spacial score (nSPS) is 15.6. The largest absolute Gasteiger partial charge is 0.480 e. The highest BCUT2D eigenvalue weighted by molar-refractivity contribution is 5.77. The van der Waals surface area contributed by atoms with E-state index in [1.165, 1.54) is 6.92 Å². The maximum Gasteiger partial charge on any atom is 0.325 e. The quantitative estimate of drug-likeness (QED) is 0.336. The van der Waals surface area contributed by atoms with Crippen molar-refractivity contribution in [1.82, 2.24) is 5.48 Å². The number of rotatable bonds is 6. The van der Waals surface area contributed by atoms with E-state index in [0.717, 1.165) is 6.42 Å². The molecule has 0 aromatic carbocycles. The summed E-state index contributed by atoms with van der Waals surface area (Å²) in [6, 6.07) is 0. The van der Waals surface area contributed by atoms with Crippen molar-refractivity contribution in [3.8, 4) is 0 Å². The van der Waals surface area contributed by atoms with Crippen LogP contribution in [0.5, 0.6) is 0 Å². The molecule has 0 aromatic rings. The molecule has 0 radical (unpaired) electrons. The molecule has 5 heteroatoms. The van der Waals surface area contributed by atoms with Crippen molar-refractivity contribution in [2.75, 3.05) is 6.54 Å². The first-order valence-electron chi connectivity index (χ1n) is 3.91. The first kappa shape index (κ1) is 11.4. The lowest BCUT2D eigenvalue weighted by Gasteiger charge is -2.22. The molecule has 0 aliphatic rings. The van der Waals surface area contributed by atoms with Crippen LogP contribution in [-0.2, 0) is 4.79 Å². The standard InChI is InChI=1S/C7H16N2O3/c1-7(9-12,6(10)11)4-2-3-5-8/h9,12H,2-5,8H2,1H3,(H,10,11)/t7-/m0/s1. The van der Waals surface area contributed by atoms with Gasteiger partial charge in [-0.15, -0.1) is 0 Å². The molecule has 0 fully saturated rings. The molecule has 5 nitrogen and oxygen atoms in total. The van der Waals surface area contributed by atoms with Gasteiger partial charge in [-0.05, 0) is 32.7 Å². The van der Waals surface area contributed by atoms with E-state index in [2.05, 4.69) is 0 Å². The minimum absolute atomic E-state index is 0.371. The van der Waals surface area contributed by atoms with Crippen molar-refractivity contribution >= 4 is 5.97 Å². The minimum atomic E-state index is -1.24. The topological polar surface area (TPSA) is 95.6 Å². The van der Waals surface area contributed by atoms with Crippen LogP contribution < -0.4 is 11.2 Å². The third-order valence-electron chi connectivity index (χ3n) is 1.85. The Morgan fingerprint density at radius 3 is 2.50 bits per heavy atom. The highest BCUT2D eigenvalue weighted by Crippen LogP contribution is 2.12. The van der Waals surface area contributed by atoms with Gasteiger partial charge in [-0.25, -0.2) is 0 Å². The van der Waals surface area contributed by atoms with Crippen molar-refractivity contribution in [3.63, 3.8) is 0 Å². The highest BCUT2D eigenvalue weighted by Gasteiger charge is 2.31. The molecule has 12 heavy (non-hydrogen) atoms. The first-order chi connectivity index (χ1) is 5.56. The number of hydroxylamine groups is 1. The summed E-state index contributed by atoms with van der Waals surface area (Å²) in [5.74, 6) is -1.05. The molecule has 0 amide bonds. The third kappa shape index (κ3) is 3.17. The number of nitrogens with one attached hydrogen (secondary N) is 1. The average Bonchev–Trinajstić information content (AvgIpc) is 2.04. The Labute approximate surface area is 71.5 Å². The first-order valence-corrected chi connectivity index (χ1v) is 3.91. The third-order valence-corrected chi connectivity index (χ3v) is 1.85. The summed E-state index contributed by atoms with van der Waals surface area (Å²) in [7, 11) is 0. The number of unbranched alkanes of at least 4 members (excludes halogenated alkanes) is 1. The number of carboxylic acids is 1. The van der Waals surface area contributed by atoms with Crippen molar-refractivity contribution < 1.29 is 15.1 Å². The molecule has 0 aliphatic heterocycles. The van der Waals surface area contributed by atoms with E-state index in [1.54, 1.807) is 5.48 Å². The summed E-state index contributed by atoms with van der Waals surface area (Å²) < 4.78 is 0. The monoisotopic (exact) mass is 176 g/mol. The van der Waals surface area contributed by atoms with Crippen molar-refractivity contribution in [2.45, 2.75) is 31.7 Å². The lowest BCUT2D eigenvalue weighted by atomic mass is 9.96. The summed E-state index contributed by atoms with van der Waals surface area (Å²) in [5.41, 5.74) is 5.80. The zero-order valence-electron chi connectivity index (χ0n) is 7.21. The van der Waals surface area contributed by atoms with Crippen LogP contribution in [0.1, 0.15) is 26.2 Å². The van der Waals surface area contributed by atoms with Crippen LogP contribution in [0.2, 0.25) is 0 Å². The Hall–Kier alpha value is -0.650. The summed E-state index contributed by atoms with van der Waals surface area (Å²) >= 11 is 0. The van der Waals surface area contributed by atoms with E-state index in [4.69, 9.17) is 16.0 Å². The fourth-order valence-corrected chi connectivity index (χ4v) is 0.834. The Bertz CT molecular complexity index is 152. The lowest BCUT2D eigenvalue weighted by molar-refractivity contribution is -0.149. The molecule has 0 saturated heterocycles. The molecular weight excluding hydrogens is 160 g/mol. The van der Waals surface area contributed by atoms with Crippen LogP contribution in [0.25, 0.3) is 0 Å². The Kier molecular flexibility index (Phi) is 4.80. The van der Waals surface area contributed by atoms with Crippen LogP contribution in [0, 0.1) is 0 Å². The van der Waals surface area contributed by atoms with Crippen LogP contribution in [-0.4, -0.2) is 28.4 Å². The molecule has 0 heterocycles. The summed E-state index contributed by atoms with van der Waals surface area (Å²) in [4.78, 5) is 10.6. The molecule has 0 spiro atoms. The predicted octanol–water partition coefficient (Wildman–Crippen LogP) is -0.0625. The zero-order chi connectivity index (χ0) is 9.61. The molecule has 0 bridgehead atoms. The number of hydrogen-bond acceptors (Lipinski definition) is 4. The lowest BCUT2D eigenvalue weighted by Crippen LogP contribution is -2.47. The van der Waals surface area contributed by atoms with Gasteiger partial charge in [0.25, 0.3) is 0 Å². The van der Waals surface area contributed by atoms with Crippen LogP contribution in [0.3, 0.4) is 0 Å². The van der Waals surface area contributed by atoms with Gasteiger partial charge in [0.15, 0.2) is 0 Å². The van der Waals surface area contributed by atoms with Crippen molar-refractivity contribution in [2.24, 2.45) is 5.73 Å².